The van der Waals surface area contributed by atoms with Crippen LogP contribution in [0.3, 0.4) is 0 Å². The minimum Gasteiger partial charge on any atom is -0.309 e. The Morgan fingerprint density at radius 3 is 1.79 bits per heavy atom. The van der Waals surface area contributed by atoms with Gasteiger partial charge in [0.05, 0.1) is 27.8 Å². The van der Waals surface area contributed by atoms with E-state index in [1.165, 1.54) is 66.1 Å². The minimum absolute atomic E-state index is 1.09. The maximum absolute atomic E-state index is 2.47. The smallest absolute Gasteiger partial charge is 0.0549 e. The molecule has 38 heavy (non-hydrogen) atoms. The first-order valence-electron chi connectivity index (χ1n) is 13.4. The first-order chi connectivity index (χ1) is 18.9. The Morgan fingerprint density at radius 1 is 0.474 bits per heavy atom. The molecule has 2 aromatic heterocycles. The molecule has 0 radical (unpaired) electrons. The summed E-state index contributed by atoms with van der Waals surface area (Å²) in [4.78, 5) is 0. The van der Waals surface area contributed by atoms with E-state index in [9.17, 15) is 0 Å². The summed E-state index contributed by atoms with van der Waals surface area (Å²) < 4.78 is 4.87. The molecule has 1 aliphatic rings. The number of aromatic nitrogens is 2. The average molecular weight is 487 g/mol. The lowest BCUT2D eigenvalue weighted by Crippen LogP contribution is -1.99. The monoisotopic (exact) mass is 486 g/mol. The summed E-state index contributed by atoms with van der Waals surface area (Å²) in [5, 5.41) is 5.10. The molecule has 0 bridgehead atoms. The Kier molecular flexibility index (Phi) is 4.68. The van der Waals surface area contributed by atoms with Crippen molar-refractivity contribution in [1.29, 1.82) is 0 Å². The van der Waals surface area contributed by atoms with E-state index in [4.69, 9.17) is 0 Å². The molecule has 0 fully saturated rings. The standard InChI is InChI=1S/C36H26N2/c1-3-13-25(14-4-1)27-17-7-10-20-32(27)38-34-22-12-9-19-29(34)31-23-35-30(24-36(31)38)28-18-8-11-21-33(28)37(35)26-15-5-2-6-16-26/h2-3,5-24H,1,4H2. The highest BCUT2D eigenvalue weighted by Gasteiger charge is 2.19. The SMILES string of the molecule is C1=CC(c2ccccc2-n2c3ccccc3c3cc4c(cc32)c2ccccc2n4-c2ccccc2)=CCC1. The number of benzene rings is 5. The Labute approximate surface area is 221 Å². The third-order valence-electron chi connectivity index (χ3n) is 7.93. The quantitative estimate of drug-likeness (QED) is 0.235. The molecular formula is C36H26N2. The number of rotatable bonds is 3. The van der Waals surface area contributed by atoms with Crippen LogP contribution in [0.1, 0.15) is 18.4 Å². The lowest BCUT2D eigenvalue weighted by molar-refractivity contribution is 1.04. The molecule has 2 heterocycles. The van der Waals surface area contributed by atoms with Gasteiger partial charge in [0.15, 0.2) is 0 Å². The van der Waals surface area contributed by atoms with Crippen molar-refractivity contribution < 1.29 is 0 Å². The number of fused-ring (bicyclic) bond motifs is 6. The first-order valence-corrected chi connectivity index (χ1v) is 13.4. The van der Waals surface area contributed by atoms with E-state index in [-0.39, 0.29) is 0 Å². The van der Waals surface area contributed by atoms with Crippen molar-refractivity contribution in [1.82, 2.24) is 9.13 Å². The molecule has 2 nitrogen and oxygen atoms in total. The van der Waals surface area contributed by atoms with Crippen LogP contribution < -0.4 is 0 Å². The minimum atomic E-state index is 1.09. The van der Waals surface area contributed by atoms with Gasteiger partial charge in [0.2, 0.25) is 0 Å². The van der Waals surface area contributed by atoms with E-state index in [1.807, 2.05) is 0 Å². The number of allylic oxidation sites excluding steroid dienone is 4. The highest BCUT2D eigenvalue weighted by Crippen LogP contribution is 2.40. The maximum atomic E-state index is 2.47. The fourth-order valence-corrected chi connectivity index (χ4v) is 6.27. The molecule has 5 aromatic carbocycles. The molecular weight excluding hydrogens is 460 g/mol. The second-order valence-corrected chi connectivity index (χ2v) is 10.1. The summed E-state index contributed by atoms with van der Waals surface area (Å²) >= 11 is 0. The molecule has 180 valence electrons. The molecule has 7 aromatic rings. The zero-order valence-electron chi connectivity index (χ0n) is 21.0. The maximum Gasteiger partial charge on any atom is 0.0549 e. The fraction of sp³-hybridized carbons (Fsp3) is 0.0556. The lowest BCUT2D eigenvalue weighted by atomic mass is 9.98. The third-order valence-corrected chi connectivity index (χ3v) is 7.93. The Morgan fingerprint density at radius 2 is 1.08 bits per heavy atom. The van der Waals surface area contributed by atoms with Crippen molar-refractivity contribution in [2.45, 2.75) is 12.8 Å². The van der Waals surface area contributed by atoms with Crippen LogP contribution in [0, 0.1) is 0 Å². The van der Waals surface area contributed by atoms with Gasteiger partial charge in [-0.15, -0.1) is 0 Å². The van der Waals surface area contributed by atoms with Gasteiger partial charge in [0.1, 0.15) is 0 Å². The van der Waals surface area contributed by atoms with Gasteiger partial charge >= 0.3 is 0 Å². The lowest BCUT2D eigenvalue weighted by Gasteiger charge is -2.16. The average Bonchev–Trinajstić information content (AvgIpc) is 3.49. The largest absolute Gasteiger partial charge is 0.309 e. The van der Waals surface area contributed by atoms with Gasteiger partial charge in [-0.25, -0.2) is 0 Å². The molecule has 0 saturated heterocycles. The van der Waals surface area contributed by atoms with Gasteiger partial charge in [-0.3, -0.25) is 0 Å². The van der Waals surface area contributed by atoms with Crippen LogP contribution >= 0.6 is 0 Å². The predicted octanol–water partition coefficient (Wildman–Crippen LogP) is 9.61. The summed E-state index contributed by atoms with van der Waals surface area (Å²) in [5.74, 6) is 0. The van der Waals surface area contributed by atoms with Crippen LogP contribution in [0.5, 0.6) is 0 Å². The molecule has 0 amide bonds. The summed E-state index contributed by atoms with van der Waals surface area (Å²) in [5.41, 5.74) is 9.93. The second-order valence-electron chi connectivity index (χ2n) is 10.1. The van der Waals surface area contributed by atoms with E-state index in [0.717, 1.165) is 12.8 Å². The molecule has 0 N–H and O–H groups in total. The number of para-hydroxylation sites is 4. The van der Waals surface area contributed by atoms with Gasteiger partial charge in [0.25, 0.3) is 0 Å². The zero-order valence-corrected chi connectivity index (χ0v) is 21.0. The molecule has 0 unspecified atom stereocenters. The van der Waals surface area contributed by atoms with Crippen LogP contribution in [-0.2, 0) is 0 Å². The van der Waals surface area contributed by atoms with Crippen molar-refractivity contribution >= 4 is 49.2 Å². The summed E-state index contributed by atoms with van der Waals surface area (Å²) in [6.45, 7) is 0. The van der Waals surface area contributed by atoms with E-state index >= 15 is 0 Å². The van der Waals surface area contributed by atoms with Crippen LogP contribution in [0.25, 0.3) is 60.6 Å². The molecule has 0 spiro atoms. The Bertz CT molecular complexity index is 2070. The topological polar surface area (TPSA) is 9.86 Å². The van der Waals surface area contributed by atoms with Crippen molar-refractivity contribution in [2.24, 2.45) is 0 Å². The van der Waals surface area contributed by atoms with Gasteiger partial charge < -0.3 is 9.13 Å². The summed E-state index contributed by atoms with van der Waals surface area (Å²) in [7, 11) is 0. The highest BCUT2D eigenvalue weighted by atomic mass is 15.0. The first kappa shape index (κ1) is 21.3. The highest BCUT2D eigenvalue weighted by molar-refractivity contribution is 6.19. The Hall–Kier alpha value is -4.82. The second kappa shape index (κ2) is 8.36. The zero-order chi connectivity index (χ0) is 25.1. The predicted molar refractivity (Wildman–Crippen MR) is 161 cm³/mol. The Balaban J connectivity index is 1.52. The van der Waals surface area contributed by atoms with E-state index in [2.05, 4.69) is 143 Å². The van der Waals surface area contributed by atoms with Gasteiger partial charge in [-0.2, -0.15) is 0 Å². The molecule has 0 saturated carbocycles. The van der Waals surface area contributed by atoms with Crippen LogP contribution in [0.4, 0.5) is 0 Å². The molecule has 0 aliphatic heterocycles. The van der Waals surface area contributed by atoms with Crippen LogP contribution in [-0.4, -0.2) is 9.13 Å². The summed E-state index contributed by atoms with van der Waals surface area (Å²) in [6.07, 6.45) is 9.15. The number of hydrogen-bond acceptors (Lipinski definition) is 0. The molecule has 0 atom stereocenters. The molecule has 2 heteroatoms. The summed E-state index contributed by atoms with van der Waals surface area (Å²) in [6, 6.07) is 41.9. The van der Waals surface area contributed by atoms with Crippen molar-refractivity contribution in [3.05, 3.63) is 139 Å². The number of hydrogen-bond donors (Lipinski definition) is 0. The van der Waals surface area contributed by atoms with Crippen molar-refractivity contribution in [3.8, 4) is 11.4 Å². The van der Waals surface area contributed by atoms with Crippen LogP contribution in [0.15, 0.2) is 133 Å². The third kappa shape index (κ3) is 3.07. The fourth-order valence-electron chi connectivity index (χ4n) is 6.27. The van der Waals surface area contributed by atoms with E-state index in [1.54, 1.807) is 0 Å². The molecule has 8 rings (SSSR count). The number of nitrogens with zero attached hydrogens (tertiary/aromatic N) is 2. The van der Waals surface area contributed by atoms with Gasteiger partial charge in [-0.05, 0) is 60.9 Å². The van der Waals surface area contributed by atoms with E-state index in [0.29, 0.717) is 0 Å². The van der Waals surface area contributed by atoms with Gasteiger partial charge in [-0.1, -0.05) is 91.0 Å². The van der Waals surface area contributed by atoms with Gasteiger partial charge in [0, 0.05) is 32.8 Å². The van der Waals surface area contributed by atoms with Crippen LogP contribution in [0.2, 0.25) is 0 Å². The van der Waals surface area contributed by atoms with Crippen molar-refractivity contribution in [2.75, 3.05) is 0 Å². The van der Waals surface area contributed by atoms with E-state index < -0.39 is 0 Å². The van der Waals surface area contributed by atoms with Crippen molar-refractivity contribution in [3.63, 3.8) is 0 Å². The normalized spacial score (nSPS) is 13.6. The molecule has 1 aliphatic carbocycles.